The maximum atomic E-state index is 13.8. The molecule has 3 aromatic rings. The van der Waals surface area contributed by atoms with Gasteiger partial charge in [0.1, 0.15) is 11.6 Å². The molecule has 0 saturated carbocycles. The number of para-hydroxylation sites is 1. The fourth-order valence-corrected chi connectivity index (χ4v) is 4.50. The van der Waals surface area contributed by atoms with Crippen molar-refractivity contribution in [3.05, 3.63) is 78.0 Å². The minimum atomic E-state index is -1.88. The van der Waals surface area contributed by atoms with Gasteiger partial charge in [-0.15, -0.1) is 0 Å². The van der Waals surface area contributed by atoms with Crippen molar-refractivity contribution < 1.29 is 14.4 Å². The van der Waals surface area contributed by atoms with E-state index < -0.39 is 41.8 Å². The zero-order valence-corrected chi connectivity index (χ0v) is 22.0. The molecule has 208 valence electrons. The second-order valence-corrected chi connectivity index (χ2v) is 9.52. The summed E-state index contributed by atoms with van der Waals surface area (Å²) < 4.78 is 0. The minimum absolute atomic E-state index is 0.118. The van der Waals surface area contributed by atoms with E-state index in [4.69, 9.17) is 28.7 Å². The van der Waals surface area contributed by atoms with Crippen molar-refractivity contribution >= 4 is 28.6 Å². The number of aromatic nitrogens is 1. The largest absolute Gasteiger partial charge is 0.368 e. The molecule has 1 aromatic heterocycles. The van der Waals surface area contributed by atoms with Crippen LogP contribution in [0.15, 0.2) is 66.9 Å². The molecule has 3 rings (SSSR count). The number of rotatable bonds is 14. The van der Waals surface area contributed by atoms with Gasteiger partial charge in [-0.2, -0.15) is 0 Å². The van der Waals surface area contributed by atoms with E-state index in [1.165, 1.54) is 11.1 Å². The molecule has 11 N–H and O–H groups in total. The highest BCUT2D eigenvalue weighted by molar-refractivity contribution is 5.96. The van der Waals surface area contributed by atoms with Crippen LogP contribution >= 0.6 is 0 Å². The Morgan fingerprint density at radius 1 is 0.974 bits per heavy atom. The Kier molecular flexibility index (Phi) is 10.5. The monoisotopic (exact) mass is 534 g/mol. The summed E-state index contributed by atoms with van der Waals surface area (Å²) in [7, 11) is 0. The Labute approximate surface area is 228 Å². The van der Waals surface area contributed by atoms with Crippen molar-refractivity contribution in [1.29, 1.82) is 0 Å². The molecule has 2 aromatic carbocycles. The summed E-state index contributed by atoms with van der Waals surface area (Å²) in [6.45, 7) is 0.596. The maximum Gasteiger partial charge on any atom is 0.245 e. The molecule has 0 radical (unpaired) electrons. The van der Waals surface area contributed by atoms with Gasteiger partial charge in [0.25, 0.3) is 0 Å². The second kappa shape index (κ2) is 13.8. The first-order valence-electron chi connectivity index (χ1n) is 12.9. The number of fused-ring (bicyclic) bond motifs is 1. The third-order valence-corrected chi connectivity index (χ3v) is 6.83. The molecule has 3 amide bonds. The van der Waals surface area contributed by atoms with Crippen LogP contribution in [0.1, 0.15) is 24.0 Å². The number of carbonyl (C=O) groups is 3. The van der Waals surface area contributed by atoms with Crippen LogP contribution in [0.2, 0.25) is 0 Å². The van der Waals surface area contributed by atoms with Gasteiger partial charge in [0, 0.05) is 43.3 Å². The molecule has 39 heavy (non-hydrogen) atoms. The summed E-state index contributed by atoms with van der Waals surface area (Å²) in [5.74, 6) is -1.89. The molecule has 11 nitrogen and oxygen atoms in total. The smallest absolute Gasteiger partial charge is 0.245 e. The molecule has 0 fully saturated rings. The van der Waals surface area contributed by atoms with Crippen molar-refractivity contribution in [1.82, 2.24) is 15.2 Å². The quantitative estimate of drug-likeness (QED) is 0.158. The van der Waals surface area contributed by atoms with Crippen LogP contribution < -0.4 is 34.0 Å². The lowest BCUT2D eigenvalue weighted by atomic mass is 9.85. The second-order valence-electron chi connectivity index (χ2n) is 9.52. The Morgan fingerprint density at radius 3 is 2.28 bits per heavy atom. The van der Waals surface area contributed by atoms with E-state index in [1.807, 2.05) is 54.6 Å². The van der Waals surface area contributed by atoms with E-state index in [9.17, 15) is 14.4 Å². The third kappa shape index (κ3) is 7.36. The summed E-state index contributed by atoms with van der Waals surface area (Å²) in [6.07, 6.45) is 1.79. The predicted octanol–water partition coefficient (Wildman–Crippen LogP) is -0.545. The minimum Gasteiger partial charge on any atom is -0.368 e. The molecule has 0 bridgehead atoms. The lowest BCUT2D eigenvalue weighted by Crippen LogP contribution is -2.59. The number of primary amides is 1. The van der Waals surface area contributed by atoms with E-state index in [2.05, 4.69) is 10.3 Å². The number of hydrogen-bond donors (Lipinski definition) is 6. The molecule has 0 aliphatic rings. The van der Waals surface area contributed by atoms with Gasteiger partial charge in [0.2, 0.25) is 17.7 Å². The van der Waals surface area contributed by atoms with Gasteiger partial charge in [0.05, 0.1) is 18.0 Å². The van der Waals surface area contributed by atoms with Gasteiger partial charge in [-0.3, -0.25) is 19.4 Å². The van der Waals surface area contributed by atoms with Gasteiger partial charge in [-0.1, -0.05) is 48.5 Å². The molecule has 11 heteroatoms. The molecule has 2 atom stereocenters. The zero-order chi connectivity index (χ0) is 28.4. The van der Waals surface area contributed by atoms with Crippen molar-refractivity contribution in [3.63, 3.8) is 0 Å². The molecule has 0 aliphatic heterocycles. The van der Waals surface area contributed by atoms with Crippen molar-refractivity contribution in [2.24, 2.45) is 28.7 Å². The highest BCUT2D eigenvalue weighted by Crippen LogP contribution is 2.27. The van der Waals surface area contributed by atoms with Crippen LogP contribution in [0.3, 0.4) is 0 Å². The SMILES string of the molecule is NCCN(C(=O)C[C@@](N)(C(=O)N[C@@H](CCc1ccccc1)C(N)=O)c1cnc2ccccc2c1)C(CN)CN. The Hall–Kier alpha value is -3.90. The van der Waals surface area contributed by atoms with Crippen molar-refractivity contribution in [2.75, 3.05) is 26.2 Å². The van der Waals surface area contributed by atoms with Crippen LogP contribution in [-0.4, -0.2) is 65.9 Å². The number of nitrogens with zero attached hydrogens (tertiary/aromatic N) is 2. The van der Waals surface area contributed by atoms with Crippen LogP contribution in [-0.2, 0) is 26.3 Å². The number of hydrogen-bond acceptors (Lipinski definition) is 8. The number of pyridine rings is 1. The van der Waals surface area contributed by atoms with Crippen molar-refractivity contribution in [2.45, 2.75) is 36.9 Å². The Morgan fingerprint density at radius 2 is 1.64 bits per heavy atom. The fraction of sp³-hybridized carbons (Fsp3) is 0.357. The summed E-state index contributed by atoms with van der Waals surface area (Å²) in [5, 5.41) is 3.43. The molecular weight excluding hydrogens is 496 g/mol. The van der Waals surface area contributed by atoms with Gasteiger partial charge < -0.3 is 38.9 Å². The Bertz CT molecular complexity index is 1270. The number of carbonyl (C=O) groups excluding carboxylic acids is 3. The number of amides is 3. The van der Waals surface area contributed by atoms with Crippen LogP contribution in [0.5, 0.6) is 0 Å². The molecule has 0 saturated heterocycles. The summed E-state index contributed by atoms with van der Waals surface area (Å²) in [6, 6.07) is 17.1. The van der Waals surface area contributed by atoms with E-state index >= 15 is 0 Å². The van der Waals surface area contributed by atoms with Gasteiger partial charge in [-0.25, -0.2) is 0 Å². The first kappa shape index (κ1) is 29.7. The van der Waals surface area contributed by atoms with E-state index in [-0.39, 0.29) is 32.6 Å². The highest BCUT2D eigenvalue weighted by Gasteiger charge is 2.42. The fourth-order valence-electron chi connectivity index (χ4n) is 4.50. The predicted molar refractivity (Wildman–Crippen MR) is 151 cm³/mol. The number of aryl methyl sites for hydroxylation is 1. The highest BCUT2D eigenvalue weighted by atomic mass is 16.2. The first-order chi connectivity index (χ1) is 18.7. The normalized spacial score (nSPS) is 13.6. The summed E-state index contributed by atoms with van der Waals surface area (Å²) in [4.78, 5) is 45.6. The molecule has 0 unspecified atom stereocenters. The number of nitrogens with one attached hydrogen (secondary N) is 1. The van der Waals surface area contributed by atoms with Crippen molar-refractivity contribution in [3.8, 4) is 0 Å². The number of nitrogens with two attached hydrogens (primary N) is 5. The number of benzene rings is 2. The van der Waals surface area contributed by atoms with Crippen LogP contribution in [0.25, 0.3) is 10.9 Å². The Balaban J connectivity index is 1.96. The molecule has 0 spiro atoms. The topological polar surface area (TPSA) is 209 Å². The molecule has 1 heterocycles. The molecular formula is C28H38N8O3. The lowest BCUT2D eigenvalue weighted by molar-refractivity contribution is -0.139. The van der Waals surface area contributed by atoms with Gasteiger partial charge >= 0.3 is 0 Å². The zero-order valence-electron chi connectivity index (χ0n) is 22.0. The van der Waals surface area contributed by atoms with Crippen LogP contribution in [0, 0.1) is 0 Å². The third-order valence-electron chi connectivity index (χ3n) is 6.83. The van der Waals surface area contributed by atoms with Gasteiger partial charge in [0.15, 0.2) is 0 Å². The van der Waals surface area contributed by atoms with E-state index in [0.29, 0.717) is 17.5 Å². The average molecular weight is 535 g/mol. The first-order valence-corrected chi connectivity index (χ1v) is 12.9. The van der Waals surface area contributed by atoms with Crippen LogP contribution in [0.4, 0.5) is 0 Å². The lowest BCUT2D eigenvalue weighted by Gasteiger charge is -2.35. The molecule has 0 aliphatic carbocycles. The summed E-state index contributed by atoms with van der Waals surface area (Å²) >= 11 is 0. The van der Waals surface area contributed by atoms with E-state index in [1.54, 1.807) is 6.07 Å². The summed E-state index contributed by atoms with van der Waals surface area (Å²) in [5.41, 5.74) is 30.0. The average Bonchev–Trinajstić information content (AvgIpc) is 2.95. The van der Waals surface area contributed by atoms with Gasteiger partial charge in [-0.05, 0) is 30.5 Å². The van der Waals surface area contributed by atoms with E-state index in [0.717, 1.165) is 10.9 Å². The maximum absolute atomic E-state index is 13.8. The standard InChI is InChI=1S/C28H38N8O3/c29-12-13-36(22(16-30)17-31)25(37)15-28(33,21-14-20-8-4-5-9-23(20)34-18-21)27(39)35-24(26(32)38)11-10-19-6-2-1-3-7-19/h1-9,14,18,22,24H,10-13,15-17,29-31,33H2,(H2,32,38)(H,35,39)/t24-,28-/m0/s1.